The minimum atomic E-state index is -4.59. The molecule has 3 atom stereocenters. The van der Waals surface area contributed by atoms with Gasteiger partial charge in [0.25, 0.3) is 5.91 Å². The minimum absolute atomic E-state index is 0.0342. The van der Waals surface area contributed by atoms with Crippen molar-refractivity contribution in [1.82, 2.24) is 24.8 Å². The van der Waals surface area contributed by atoms with Crippen molar-refractivity contribution in [3.05, 3.63) is 66.1 Å². The monoisotopic (exact) mass is 459 g/mol. The lowest BCUT2D eigenvalue weighted by molar-refractivity contribution is -0.141. The molecular formula is C22H17F4N5O2. The summed E-state index contributed by atoms with van der Waals surface area (Å²) in [5, 5.41) is 0. The molecule has 1 aliphatic heterocycles. The second-order valence-electron chi connectivity index (χ2n) is 8.02. The summed E-state index contributed by atoms with van der Waals surface area (Å²) in [6.07, 6.45) is 0.898. The predicted octanol–water partition coefficient (Wildman–Crippen LogP) is 3.77. The number of hydrogen-bond donors (Lipinski definition) is 0. The van der Waals surface area contributed by atoms with Crippen molar-refractivity contribution in [3.63, 3.8) is 0 Å². The summed E-state index contributed by atoms with van der Waals surface area (Å²) in [4.78, 5) is 30.5. The zero-order valence-corrected chi connectivity index (χ0v) is 17.0. The Morgan fingerprint density at radius 3 is 2.52 bits per heavy atom. The number of nitrogens with zero attached hydrogens (tertiary/aromatic N) is 5. The lowest BCUT2D eigenvalue weighted by atomic mass is 10.0. The molecule has 11 heteroatoms. The third kappa shape index (κ3) is 4.10. The number of halogens is 4. The summed E-state index contributed by atoms with van der Waals surface area (Å²) in [6.45, 7) is 0.508. The maximum absolute atomic E-state index is 13.9. The Labute approximate surface area is 185 Å². The van der Waals surface area contributed by atoms with E-state index >= 15 is 0 Å². The van der Waals surface area contributed by atoms with E-state index in [4.69, 9.17) is 4.74 Å². The summed E-state index contributed by atoms with van der Waals surface area (Å²) in [5.74, 6) is -0.440. The molecular weight excluding hydrogens is 442 g/mol. The van der Waals surface area contributed by atoms with Crippen molar-refractivity contribution in [3.8, 4) is 17.3 Å². The van der Waals surface area contributed by atoms with E-state index in [2.05, 4.69) is 19.9 Å². The zero-order valence-electron chi connectivity index (χ0n) is 17.0. The van der Waals surface area contributed by atoms with Gasteiger partial charge in [-0.05, 0) is 43.0 Å². The van der Waals surface area contributed by atoms with Gasteiger partial charge in [0.05, 0.1) is 24.0 Å². The first-order valence-electron chi connectivity index (χ1n) is 10.2. The maximum atomic E-state index is 13.9. The van der Waals surface area contributed by atoms with Crippen molar-refractivity contribution in [1.29, 1.82) is 0 Å². The van der Waals surface area contributed by atoms with Crippen LogP contribution in [0.2, 0.25) is 0 Å². The fraction of sp³-hybridized carbons (Fsp3) is 0.318. The summed E-state index contributed by atoms with van der Waals surface area (Å²) >= 11 is 0. The molecule has 2 aliphatic rings. The molecule has 3 aromatic rings. The highest BCUT2D eigenvalue weighted by Gasteiger charge is 2.49. The van der Waals surface area contributed by atoms with Crippen LogP contribution in [-0.2, 0) is 6.18 Å². The van der Waals surface area contributed by atoms with Crippen molar-refractivity contribution in [2.75, 3.05) is 6.54 Å². The second kappa shape index (κ2) is 8.05. The van der Waals surface area contributed by atoms with E-state index in [0.717, 1.165) is 6.20 Å². The van der Waals surface area contributed by atoms with E-state index in [9.17, 15) is 22.4 Å². The highest BCUT2D eigenvalue weighted by atomic mass is 19.4. The van der Waals surface area contributed by atoms with Crippen LogP contribution in [0.5, 0.6) is 5.88 Å². The van der Waals surface area contributed by atoms with Gasteiger partial charge in [-0.15, -0.1) is 0 Å². The molecule has 2 fully saturated rings. The van der Waals surface area contributed by atoms with Crippen LogP contribution in [0.3, 0.4) is 0 Å². The normalized spacial score (nSPS) is 21.9. The summed E-state index contributed by atoms with van der Waals surface area (Å²) in [7, 11) is 0. The Bertz CT molecular complexity index is 1170. The quantitative estimate of drug-likeness (QED) is 0.553. The van der Waals surface area contributed by atoms with Crippen LogP contribution in [0.1, 0.15) is 28.9 Å². The molecule has 2 aromatic heterocycles. The van der Waals surface area contributed by atoms with E-state index in [1.54, 1.807) is 11.0 Å². The molecule has 0 spiro atoms. The van der Waals surface area contributed by atoms with Gasteiger partial charge < -0.3 is 9.64 Å². The average Bonchev–Trinajstić information content (AvgIpc) is 3.40. The Hall–Kier alpha value is -3.63. The molecule has 1 aliphatic carbocycles. The SMILES string of the molecule is O=C(c1ccc(F)cc1-c1ncccn1)N1CC2CC(Oc3cnc(C(F)(F)F)cn3)C1C2. The molecule has 2 bridgehead atoms. The zero-order chi connectivity index (χ0) is 23.2. The number of ether oxygens (including phenoxy) is 1. The van der Waals surface area contributed by atoms with E-state index in [1.807, 2.05) is 0 Å². The first-order chi connectivity index (χ1) is 15.8. The lowest BCUT2D eigenvalue weighted by Crippen LogP contribution is -2.47. The fourth-order valence-corrected chi connectivity index (χ4v) is 4.49. The molecule has 5 rings (SSSR count). The molecule has 33 heavy (non-hydrogen) atoms. The number of hydrogen-bond acceptors (Lipinski definition) is 6. The van der Waals surface area contributed by atoms with E-state index in [1.165, 1.54) is 30.6 Å². The first kappa shape index (κ1) is 21.2. The van der Waals surface area contributed by atoms with Crippen LogP contribution in [0.25, 0.3) is 11.4 Å². The Morgan fingerprint density at radius 1 is 1.06 bits per heavy atom. The molecule has 0 radical (unpaired) electrons. The lowest BCUT2D eigenvalue weighted by Gasteiger charge is -2.33. The third-order valence-corrected chi connectivity index (χ3v) is 5.90. The van der Waals surface area contributed by atoms with Crippen molar-refractivity contribution in [2.45, 2.75) is 31.2 Å². The van der Waals surface area contributed by atoms with Gasteiger partial charge >= 0.3 is 6.18 Å². The van der Waals surface area contributed by atoms with Gasteiger partial charge in [0, 0.05) is 24.5 Å². The largest absolute Gasteiger partial charge is 0.471 e. The molecule has 7 nitrogen and oxygen atoms in total. The van der Waals surface area contributed by atoms with E-state index < -0.39 is 23.8 Å². The van der Waals surface area contributed by atoms with Gasteiger partial charge in [-0.1, -0.05) is 0 Å². The average molecular weight is 459 g/mol. The number of piperidine rings is 1. The van der Waals surface area contributed by atoms with Crippen LogP contribution in [-0.4, -0.2) is 49.4 Å². The van der Waals surface area contributed by atoms with Gasteiger partial charge in [-0.2, -0.15) is 13.2 Å². The number of carbonyl (C=O) groups is 1. The molecule has 1 saturated heterocycles. The number of amides is 1. The highest BCUT2D eigenvalue weighted by Crippen LogP contribution is 2.41. The number of likely N-dealkylation sites (tertiary alicyclic amines) is 1. The Balaban J connectivity index is 1.37. The molecule has 1 aromatic carbocycles. The van der Waals surface area contributed by atoms with Crippen LogP contribution >= 0.6 is 0 Å². The van der Waals surface area contributed by atoms with Gasteiger partial charge in [-0.3, -0.25) is 4.79 Å². The second-order valence-corrected chi connectivity index (χ2v) is 8.02. The van der Waals surface area contributed by atoms with Crippen molar-refractivity contribution in [2.24, 2.45) is 5.92 Å². The summed E-state index contributed by atoms with van der Waals surface area (Å²) < 4.78 is 57.9. The summed E-state index contributed by atoms with van der Waals surface area (Å²) in [5.41, 5.74) is -0.552. The predicted molar refractivity (Wildman–Crippen MR) is 106 cm³/mol. The van der Waals surface area contributed by atoms with Gasteiger partial charge in [-0.25, -0.2) is 24.3 Å². The fourth-order valence-electron chi connectivity index (χ4n) is 4.49. The standard InChI is InChI=1S/C22H17F4N5O2/c23-13-2-3-14(15(8-13)20-27-4-1-5-28-20)21(32)31-11-12-6-16(31)17(7-12)33-19-10-29-18(9-30-19)22(24,25)26/h1-5,8-10,12,16-17H,6-7,11H2. The smallest absolute Gasteiger partial charge is 0.434 e. The molecule has 0 N–H and O–H groups in total. The Kier molecular flexibility index (Phi) is 5.18. The third-order valence-electron chi connectivity index (χ3n) is 5.90. The highest BCUT2D eigenvalue weighted by molar-refractivity contribution is 6.00. The number of aromatic nitrogens is 4. The minimum Gasteiger partial charge on any atom is -0.471 e. The van der Waals surface area contributed by atoms with E-state index in [-0.39, 0.29) is 40.7 Å². The number of benzene rings is 1. The topological polar surface area (TPSA) is 81.1 Å². The van der Waals surface area contributed by atoms with Crippen LogP contribution in [0, 0.1) is 11.7 Å². The van der Waals surface area contributed by atoms with E-state index in [0.29, 0.717) is 25.6 Å². The van der Waals surface area contributed by atoms with Crippen LogP contribution < -0.4 is 4.74 Å². The van der Waals surface area contributed by atoms with Crippen LogP contribution in [0.15, 0.2) is 49.1 Å². The number of alkyl halides is 3. The van der Waals surface area contributed by atoms with Gasteiger partial charge in [0.15, 0.2) is 11.5 Å². The molecule has 170 valence electrons. The van der Waals surface area contributed by atoms with Crippen molar-refractivity contribution >= 4 is 5.91 Å². The van der Waals surface area contributed by atoms with Gasteiger partial charge in [0.1, 0.15) is 11.9 Å². The number of carbonyl (C=O) groups excluding carboxylic acids is 1. The number of rotatable bonds is 4. The Morgan fingerprint density at radius 2 is 1.85 bits per heavy atom. The molecule has 1 amide bonds. The number of fused-ring (bicyclic) bond motifs is 2. The summed E-state index contributed by atoms with van der Waals surface area (Å²) in [6, 6.07) is 5.17. The van der Waals surface area contributed by atoms with Gasteiger partial charge in [0.2, 0.25) is 5.88 Å². The molecule has 3 heterocycles. The van der Waals surface area contributed by atoms with Crippen molar-refractivity contribution < 1.29 is 27.1 Å². The molecule has 1 saturated carbocycles. The first-order valence-corrected chi connectivity index (χ1v) is 10.2. The molecule has 3 unspecified atom stereocenters. The maximum Gasteiger partial charge on any atom is 0.434 e. The van der Waals surface area contributed by atoms with Crippen LogP contribution in [0.4, 0.5) is 17.6 Å².